The number of benzene rings is 2. The molecule has 0 aliphatic carbocycles. The Morgan fingerprint density at radius 3 is 2.50 bits per heavy atom. The Bertz CT molecular complexity index is 773. The number of carbonyl (C=O) groups excluding carboxylic acids is 2. The van der Waals surface area contributed by atoms with Gasteiger partial charge in [-0.2, -0.15) is 0 Å². The van der Waals surface area contributed by atoms with Crippen LogP contribution in [0.5, 0.6) is 5.75 Å². The van der Waals surface area contributed by atoms with E-state index in [1.807, 2.05) is 42.5 Å². The Hall–Kier alpha value is -2.79. The van der Waals surface area contributed by atoms with Crippen molar-refractivity contribution in [3.63, 3.8) is 0 Å². The molecule has 0 fully saturated rings. The average molecular weight is 373 g/mol. The number of hydrogen-bond donors (Lipinski definition) is 2. The van der Waals surface area contributed by atoms with E-state index in [0.29, 0.717) is 11.6 Å². The smallest absolute Gasteiger partial charge is 0.244 e. The summed E-state index contributed by atoms with van der Waals surface area (Å²) in [6, 6.07) is 14.7. The molecular formula is C20H21ClN2O3. The highest BCUT2D eigenvalue weighted by atomic mass is 35.5. The summed E-state index contributed by atoms with van der Waals surface area (Å²) in [7, 11) is 1.60. The molecule has 0 aliphatic heterocycles. The van der Waals surface area contributed by atoms with Crippen molar-refractivity contribution < 1.29 is 14.3 Å². The monoisotopic (exact) mass is 372 g/mol. The van der Waals surface area contributed by atoms with Crippen LogP contribution in [-0.2, 0) is 16.1 Å². The predicted octanol–water partition coefficient (Wildman–Crippen LogP) is 3.18. The van der Waals surface area contributed by atoms with Gasteiger partial charge in [0.1, 0.15) is 5.75 Å². The summed E-state index contributed by atoms with van der Waals surface area (Å²) in [6.45, 7) is 0.629. The molecule has 26 heavy (non-hydrogen) atoms. The van der Waals surface area contributed by atoms with Crippen LogP contribution in [0.1, 0.15) is 17.5 Å². The van der Waals surface area contributed by atoms with Gasteiger partial charge < -0.3 is 15.4 Å². The van der Waals surface area contributed by atoms with E-state index in [9.17, 15) is 9.59 Å². The zero-order valence-electron chi connectivity index (χ0n) is 14.5. The molecule has 6 heteroatoms. The standard InChI is InChI=1S/C20H21ClN2O3/c1-26-17-9-6-15(7-10-17)8-11-19(24)22-13-12-20(25)23-14-16-4-2-3-5-18(16)21/h2-11H,12-14H2,1H3,(H,22,24)(H,23,25)/b11-8+. The Morgan fingerprint density at radius 2 is 1.81 bits per heavy atom. The molecule has 2 aromatic carbocycles. The first-order chi connectivity index (χ1) is 12.6. The summed E-state index contributed by atoms with van der Waals surface area (Å²) in [6.07, 6.45) is 3.34. The van der Waals surface area contributed by atoms with Crippen molar-refractivity contribution in [3.05, 3.63) is 70.8 Å². The van der Waals surface area contributed by atoms with E-state index in [-0.39, 0.29) is 24.8 Å². The minimum Gasteiger partial charge on any atom is -0.497 e. The molecule has 0 saturated heterocycles. The zero-order chi connectivity index (χ0) is 18.8. The lowest BCUT2D eigenvalue weighted by molar-refractivity contribution is -0.121. The Morgan fingerprint density at radius 1 is 1.08 bits per heavy atom. The molecule has 0 spiro atoms. The highest BCUT2D eigenvalue weighted by Crippen LogP contribution is 2.14. The lowest BCUT2D eigenvalue weighted by atomic mass is 10.2. The maximum atomic E-state index is 11.8. The molecule has 2 rings (SSSR count). The Labute approximate surface area is 158 Å². The fraction of sp³-hybridized carbons (Fsp3) is 0.200. The summed E-state index contributed by atoms with van der Waals surface area (Å²) in [5.74, 6) is 0.360. The van der Waals surface area contributed by atoms with Crippen LogP contribution < -0.4 is 15.4 Å². The van der Waals surface area contributed by atoms with Crippen LogP contribution in [0.3, 0.4) is 0 Å². The lowest BCUT2D eigenvalue weighted by Crippen LogP contribution is -2.29. The fourth-order valence-corrected chi connectivity index (χ4v) is 2.37. The molecule has 0 heterocycles. The second-order valence-electron chi connectivity index (χ2n) is 5.52. The van der Waals surface area contributed by atoms with Gasteiger partial charge in [0.2, 0.25) is 11.8 Å². The third-order valence-electron chi connectivity index (χ3n) is 3.63. The number of halogens is 1. The first kappa shape index (κ1) is 19.5. The summed E-state index contributed by atoms with van der Waals surface area (Å²) in [5.41, 5.74) is 1.74. The van der Waals surface area contributed by atoms with E-state index in [1.165, 1.54) is 6.08 Å². The van der Waals surface area contributed by atoms with E-state index in [4.69, 9.17) is 16.3 Å². The van der Waals surface area contributed by atoms with Gasteiger partial charge in [-0.25, -0.2) is 0 Å². The third-order valence-corrected chi connectivity index (χ3v) is 4.00. The van der Waals surface area contributed by atoms with Gasteiger partial charge in [0.05, 0.1) is 7.11 Å². The van der Waals surface area contributed by atoms with Gasteiger partial charge >= 0.3 is 0 Å². The number of amides is 2. The zero-order valence-corrected chi connectivity index (χ0v) is 15.3. The number of hydrogen-bond acceptors (Lipinski definition) is 3. The van der Waals surface area contributed by atoms with Crippen molar-refractivity contribution in [1.82, 2.24) is 10.6 Å². The molecule has 2 aromatic rings. The first-order valence-corrected chi connectivity index (χ1v) is 8.56. The van der Waals surface area contributed by atoms with Gasteiger partial charge in [0, 0.05) is 30.6 Å². The van der Waals surface area contributed by atoms with Crippen molar-refractivity contribution in [1.29, 1.82) is 0 Å². The second kappa shape index (κ2) is 10.3. The van der Waals surface area contributed by atoms with Crippen molar-refractivity contribution in [3.8, 4) is 5.75 Å². The van der Waals surface area contributed by atoms with Gasteiger partial charge in [-0.05, 0) is 35.4 Å². The van der Waals surface area contributed by atoms with Crippen LogP contribution >= 0.6 is 11.6 Å². The molecule has 136 valence electrons. The molecule has 0 saturated carbocycles. The van der Waals surface area contributed by atoms with E-state index in [2.05, 4.69) is 10.6 Å². The minimum absolute atomic E-state index is 0.149. The van der Waals surface area contributed by atoms with E-state index in [0.717, 1.165) is 16.9 Å². The average Bonchev–Trinajstić information content (AvgIpc) is 2.66. The summed E-state index contributed by atoms with van der Waals surface area (Å²) in [5, 5.41) is 6.07. The molecular weight excluding hydrogens is 352 g/mol. The second-order valence-corrected chi connectivity index (χ2v) is 5.92. The van der Waals surface area contributed by atoms with Crippen molar-refractivity contribution in [2.45, 2.75) is 13.0 Å². The summed E-state index contributed by atoms with van der Waals surface area (Å²) < 4.78 is 5.08. The minimum atomic E-state index is -0.250. The first-order valence-electron chi connectivity index (χ1n) is 8.18. The van der Waals surface area contributed by atoms with Gasteiger partial charge in [0.25, 0.3) is 0 Å². The van der Waals surface area contributed by atoms with Gasteiger partial charge in [-0.1, -0.05) is 41.9 Å². The Balaban J connectivity index is 1.67. The highest BCUT2D eigenvalue weighted by Gasteiger charge is 2.04. The van der Waals surface area contributed by atoms with Crippen LogP contribution in [0.2, 0.25) is 5.02 Å². The van der Waals surface area contributed by atoms with Crippen LogP contribution in [0.15, 0.2) is 54.6 Å². The van der Waals surface area contributed by atoms with Crippen LogP contribution in [0.4, 0.5) is 0 Å². The van der Waals surface area contributed by atoms with Crippen molar-refractivity contribution in [2.75, 3.05) is 13.7 Å². The molecule has 0 aliphatic rings. The molecule has 5 nitrogen and oxygen atoms in total. The number of nitrogens with one attached hydrogen (secondary N) is 2. The molecule has 0 unspecified atom stereocenters. The highest BCUT2D eigenvalue weighted by molar-refractivity contribution is 6.31. The Kier molecular flexibility index (Phi) is 7.71. The lowest BCUT2D eigenvalue weighted by Gasteiger charge is -2.07. The topological polar surface area (TPSA) is 67.4 Å². The summed E-state index contributed by atoms with van der Waals surface area (Å²) in [4.78, 5) is 23.6. The number of methoxy groups -OCH3 is 1. The number of rotatable bonds is 8. The number of carbonyl (C=O) groups is 2. The third kappa shape index (κ3) is 6.61. The normalized spacial score (nSPS) is 10.5. The van der Waals surface area contributed by atoms with Gasteiger partial charge in [0.15, 0.2) is 0 Å². The number of ether oxygens (including phenoxy) is 1. The quantitative estimate of drug-likeness (QED) is 0.699. The molecule has 0 aromatic heterocycles. The van der Waals surface area contributed by atoms with Crippen LogP contribution in [0, 0.1) is 0 Å². The van der Waals surface area contributed by atoms with Gasteiger partial charge in [-0.3, -0.25) is 9.59 Å². The molecule has 0 atom stereocenters. The maximum absolute atomic E-state index is 11.8. The fourth-order valence-electron chi connectivity index (χ4n) is 2.17. The van der Waals surface area contributed by atoms with Crippen molar-refractivity contribution >= 4 is 29.5 Å². The molecule has 2 N–H and O–H groups in total. The largest absolute Gasteiger partial charge is 0.497 e. The van der Waals surface area contributed by atoms with Crippen LogP contribution in [-0.4, -0.2) is 25.5 Å². The van der Waals surface area contributed by atoms with Gasteiger partial charge in [-0.15, -0.1) is 0 Å². The molecule has 0 radical (unpaired) electrons. The molecule has 0 bridgehead atoms. The SMILES string of the molecule is COc1ccc(/C=C/C(=O)NCCC(=O)NCc2ccccc2Cl)cc1. The predicted molar refractivity (Wildman–Crippen MR) is 103 cm³/mol. The van der Waals surface area contributed by atoms with E-state index < -0.39 is 0 Å². The van der Waals surface area contributed by atoms with E-state index in [1.54, 1.807) is 19.3 Å². The maximum Gasteiger partial charge on any atom is 0.244 e. The van der Waals surface area contributed by atoms with Crippen LogP contribution in [0.25, 0.3) is 6.08 Å². The van der Waals surface area contributed by atoms with E-state index >= 15 is 0 Å². The summed E-state index contributed by atoms with van der Waals surface area (Å²) >= 11 is 6.03. The molecule has 2 amide bonds. The van der Waals surface area contributed by atoms with Crippen molar-refractivity contribution in [2.24, 2.45) is 0 Å².